The molecule has 1 saturated heterocycles. The van der Waals surface area contributed by atoms with Crippen molar-refractivity contribution in [2.45, 2.75) is 76.9 Å². The van der Waals surface area contributed by atoms with E-state index in [1.165, 1.54) is 4.90 Å². The van der Waals surface area contributed by atoms with Gasteiger partial charge in [-0.1, -0.05) is 0 Å². The van der Waals surface area contributed by atoms with Gasteiger partial charge in [0.2, 0.25) is 15.9 Å². The monoisotopic (exact) mass is 509 g/mol. The number of amides is 1. The minimum Gasteiger partial charge on any atom is -0.372 e. The molecule has 2 N–H and O–H groups in total. The van der Waals surface area contributed by atoms with Crippen molar-refractivity contribution in [2.75, 3.05) is 23.3 Å². The van der Waals surface area contributed by atoms with Gasteiger partial charge in [0.1, 0.15) is 11.4 Å². The Kier molecular flexibility index (Phi) is 8.14. The van der Waals surface area contributed by atoms with Gasteiger partial charge in [0.05, 0.1) is 17.5 Å². The average molecular weight is 510 g/mol. The summed E-state index contributed by atoms with van der Waals surface area (Å²) < 4.78 is 91.3. The summed E-state index contributed by atoms with van der Waals surface area (Å²) in [5, 5.41) is 1.41. The summed E-state index contributed by atoms with van der Waals surface area (Å²) in [5.41, 5.74) is -1.99. The highest BCUT2D eigenvalue weighted by Gasteiger charge is 2.35. The van der Waals surface area contributed by atoms with E-state index in [1.54, 1.807) is 27.7 Å². The van der Waals surface area contributed by atoms with Gasteiger partial charge >= 0.3 is 0 Å². The van der Waals surface area contributed by atoms with Crippen LogP contribution in [-0.2, 0) is 19.6 Å². The minimum atomic E-state index is -3.47. The van der Waals surface area contributed by atoms with E-state index in [2.05, 4.69) is 4.72 Å². The number of halogens is 4. The number of morpholine rings is 1. The zero-order chi connectivity index (χ0) is 25.4. The zero-order valence-corrected chi connectivity index (χ0v) is 20.4. The summed E-state index contributed by atoms with van der Waals surface area (Å²) in [4.78, 5) is 13.8. The van der Waals surface area contributed by atoms with Crippen molar-refractivity contribution in [2.24, 2.45) is 5.92 Å². The Morgan fingerprint density at radius 1 is 0.941 bits per heavy atom. The number of anilines is 2. The van der Waals surface area contributed by atoms with Gasteiger partial charge < -0.3 is 15.0 Å². The number of hydrogen-bond donors (Lipinski definition) is 2. The van der Waals surface area contributed by atoms with Gasteiger partial charge in [0.15, 0.2) is 23.3 Å². The predicted molar refractivity (Wildman–Crippen MR) is 120 cm³/mol. The fourth-order valence-corrected chi connectivity index (χ4v) is 5.41. The lowest BCUT2D eigenvalue weighted by atomic mass is 9.86. The summed E-state index contributed by atoms with van der Waals surface area (Å²) in [6.07, 6.45) is 0.426. The first-order chi connectivity index (χ1) is 15.8. The number of carbonyl (C=O) groups is 1. The van der Waals surface area contributed by atoms with E-state index in [0.717, 1.165) is 0 Å². The summed E-state index contributed by atoms with van der Waals surface area (Å²) >= 11 is 0. The van der Waals surface area contributed by atoms with Crippen molar-refractivity contribution in [3.63, 3.8) is 0 Å². The molecule has 1 aliphatic heterocycles. The van der Waals surface area contributed by atoms with E-state index in [9.17, 15) is 30.8 Å². The number of hydrogen-bond acceptors (Lipinski definition) is 5. The number of rotatable bonds is 6. The van der Waals surface area contributed by atoms with E-state index >= 15 is 0 Å². The summed E-state index contributed by atoms with van der Waals surface area (Å²) in [6.45, 7) is 6.56. The molecule has 0 unspecified atom stereocenters. The Morgan fingerprint density at radius 2 is 1.44 bits per heavy atom. The minimum absolute atomic E-state index is 0.0482. The molecule has 12 heteroatoms. The van der Waals surface area contributed by atoms with Crippen molar-refractivity contribution in [1.82, 2.24) is 4.72 Å². The van der Waals surface area contributed by atoms with Crippen LogP contribution in [0.3, 0.4) is 0 Å². The Hall–Kier alpha value is -1.92. The summed E-state index contributed by atoms with van der Waals surface area (Å²) in [7, 11) is -3.47. The number of benzene rings is 1. The second-order valence-electron chi connectivity index (χ2n) is 9.39. The third-order valence-electron chi connectivity index (χ3n) is 6.27. The highest BCUT2D eigenvalue weighted by molar-refractivity contribution is 7.90. The van der Waals surface area contributed by atoms with Crippen molar-refractivity contribution >= 4 is 27.3 Å². The van der Waals surface area contributed by atoms with Crippen molar-refractivity contribution in [3.8, 4) is 0 Å². The van der Waals surface area contributed by atoms with E-state index in [4.69, 9.17) is 4.74 Å². The fraction of sp³-hybridized carbons (Fsp3) is 0.682. The Morgan fingerprint density at radius 3 is 1.91 bits per heavy atom. The molecule has 192 valence electrons. The predicted octanol–water partition coefficient (Wildman–Crippen LogP) is 3.68. The second-order valence-corrected chi connectivity index (χ2v) is 11.7. The molecule has 1 saturated carbocycles. The fourth-order valence-electron chi connectivity index (χ4n) is 4.44. The van der Waals surface area contributed by atoms with Gasteiger partial charge in [-0.25, -0.2) is 30.7 Å². The molecule has 1 aromatic carbocycles. The molecule has 7 nitrogen and oxygen atoms in total. The van der Waals surface area contributed by atoms with Crippen LogP contribution < -0.4 is 14.9 Å². The van der Waals surface area contributed by atoms with Crippen LogP contribution in [0.5, 0.6) is 0 Å². The second kappa shape index (κ2) is 10.4. The van der Waals surface area contributed by atoms with E-state index in [0.29, 0.717) is 12.8 Å². The molecule has 2 atom stereocenters. The highest BCUT2D eigenvalue weighted by Crippen LogP contribution is 2.36. The maximum Gasteiger partial charge on any atom is 0.227 e. The lowest BCUT2D eigenvalue weighted by Crippen LogP contribution is -2.46. The van der Waals surface area contributed by atoms with E-state index < -0.39 is 73.9 Å². The summed E-state index contributed by atoms with van der Waals surface area (Å²) in [5.74, 6) is -7.96. The van der Waals surface area contributed by atoms with Gasteiger partial charge in [0.25, 0.3) is 0 Å². The van der Waals surface area contributed by atoms with Crippen molar-refractivity contribution in [3.05, 3.63) is 23.3 Å². The van der Waals surface area contributed by atoms with Crippen LogP contribution in [0.2, 0.25) is 0 Å². The molecule has 3 rings (SSSR count). The Balaban J connectivity index is 1.72. The quantitative estimate of drug-likeness (QED) is 0.451. The molecular weight excluding hydrogens is 478 g/mol. The normalized spacial score (nSPS) is 26.1. The zero-order valence-electron chi connectivity index (χ0n) is 19.6. The number of nitrogens with zero attached hydrogens (tertiary/aromatic N) is 1. The third kappa shape index (κ3) is 5.65. The largest absolute Gasteiger partial charge is 0.372 e. The van der Waals surface area contributed by atoms with Crippen LogP contribution in [0.1, 0.15) is 53.4 Å². The first kappa shape index (κ1) is 26.7. The van der Waals surface area contributed by atoms with Crippen LogP contribution in [0.25, 0.3) is 0 Å². The molecule has 1 aromatic rings. The topological polar surface area (TPSA) is 87.7 Å². The van der Waals surface area contributed by atoms with Crippen molar-refractivity contribution in [1.29, 1.82) is 0 Å². The van der Waals surface area contributed by atoms with Crippen LogP contribution in [0.4, 0.5) is 28.9 Å². The van der Waals surface area contributed by atoms with Gasteiger partial charge in [0, 0.05) is 25.0 Å². The van der Waals surface area contributed by atoms with Gasteiger partial charge in [-0.15, -0.1) is 0 Å². The number of carbonyl (C=O) groups excluding carboxylic acids is 1. The maximum atomic E-state index is 14.8. The molecule has 0 bridgehead atoms. The molecule has 1 amide bonds. The van der Waals surface area contributed by atoms with Crippen LogP contribution in [-0.4, -0.2) is 50.9 Å². The lowest BCUT2D eigenvalue weighted by molar-refractivity contribution is -0.120. The standard InChI is InChI=1S/C22H31F4N3O4S/c1-11(2)34(31,32)28-15-7-5-14(6-8-15)22(30)27-20-16(23)18(25)21(19(26)17(20)24)29-9-12(3)33-13(4)10-29/h11-15,28H,5-10H2,1-4H3,(H,27,30)/t12-,13+,14?,15?. The first-order valence-corrected chi connectivity index (χ1v) is 12.9. The molecule has 2 aliphatic rings. The molecule has 1 heterocycles. The van der Waals surface area contributed by atoms with Crippen LogP contribution in [0, 0.1) is 29.2 Å². The van der Waals surface area contributed by atoms with Crippen molar-refractivity contribution < 1.29 is 35.5 Å². The lowest BCUT2D eigenvalue weighted by Gasteiger charge is -2.37. The molecular formula is C22H31F4N3O4S. The molecule has 1 aliphatic carbocycles. The SMILES string of the molecule is CC(C)S(=O)(=O)NC1CCC(C(=O)Nc2c(F)c(F)c(N3C[C@@H](C)O[C@@H](C)C3)c(F)c2F)CC1. The number of nitrogens with one attached hydrogen (secondary N) is 2. The van der Waals surface area contributed by atoms with E-state index in [-0.39, 0.29) is 32.0 Å². The third-order valence-corrected chi connectivity index (χ3v) is 8.18. The molecule has 0 radical (unpaired) electrons. The van der Waals surface area contributed by atoms with Crippen LogP contribution in [0.15, 0.2) is 0 Å². The Bertz CT molecular complexity index is 990. The maximum absolute atomic E-state index is 14.8. The van der Waals surface area contributed by atoms with Gasteiger partial charge in [-0.05, 0) is 53.4 Å². The first-order valence-electron chi connectivity index (χ1n) is 11.4. The van der Waals surface area contributed by atoms with Gasteiger partial charge in [-0.3, -0.25) is 4.79 Å². The van der Waals surface area contributed by atoms with E-state index in [1.807, 2.05) is 5.32 Å². The van der Waals surface area contributed by atoms with Gasteiger partial charge in [-0.2, -0.15) is 0 Å². The molecule has 2 fully saturated rings. The number of sulfonamides is 1. The number of ether oxygens (including phenoxy) is 1. The highest BCUT2D eigenvalue weighted by atomic mass is 32.2. The van der Waals surface area contributed by atoms with Crippen LogP contribution >= 0.6 is 0 Å². The summed E-state index contributed by atoms with van der Waals surface area (Å²) in [6, 6.07) is -0.350. The Labute approximate surface area is 197 Å². The smallest absolute Gasteiger partial charge is 0.227 e. The molecule has 0 spiro atoms. The molecule has 0 aromatic heterocycles. The molecule has 34 heavy (non-hydrogen) atoms. The average Bonchev–Trinajstić information content (AvgIpc) is 2.75.